The van der Waals surface area contributed by atoms with E-state index in [1.165, 1.54) is 14.0 Å². The molecule has 3 atom stereocenters. The van der Waals surface area contributed by atoms with Gasteiger partial charge in [-0.05, 0) is 113 Å². The number of sulfonamides is 1. The molecule has 14 nitrogen and oxygen atoms in total. The molecule has 0 fully saturated rings. The lowest BCUT2D eigenvalue weighted by atomic mass is 9.88. The van der Waals surface area contributed by atoms with E-state index < -0.39 is 45.8 Å². The molecule has 5 N–H and O–H groups in total. The molecule has 3 heterocycles. The Morgan fingerprint density at radius 1 is 1.06 bits per heavy atom. The Labute approximate surface area is 317 Å². The molecule has 0 unspecified atom stereocenters. The van der Waals surface area contributed by atoms with Crippen LogP contribution in [0.2, 0.25) is 0 Å². The first-order valence-electron chi connectivity index (χ1n) is 18.1. The molecule has 3 aliphatic heterocycles. The van der Waals surface area contributed by atoms with Crippen LogP contribution in [-0.2, 0) is 46.8 Å². The van der Waals surface area contributed by atoms with Gasteiger partial charge in [-0.3, -0.25) is 19.4 Å². The van der Waals surface area contributed by atoms with Gasteiger partial charge in [-0.25, -0.2) is 17.9 Å². The first-order valence-corrected chi connectivity index (χ1v) is 19.6. The number of fused-ring (bicyclic) bond motifs is 14. The number of carbonyl (C=O) groups excluding carboxylic acids is 4. The molecular formula is C39H53N5O9S. The Morgan fingerprint density at radius 2 is 1.76 bits per heavy atom. The molecule has 2 amide bonds. The smallest absolute Gasteiger partial charge is 0.328 e. The molecule has 2 bridgehead atoms. The van der Waals surface area contributed by atoms with Gasteiger partial charge in [0.15, 0.2) is 5.78 Å². The van der Waals surface area contributed by atoms with Crippen LogP contribution in [0.5, 0.6) is 11.5 Å². The van der Waals surface area contributed by atoms with Gasteiger partial charge in [0.25, 0.3) is 10.0 Å². The highest BCUT2D eigenvalue weighted by atomic mass is 32.2. The van der Waals surface area contributed by atoms with E-state index in [-0.39, 0.29) is 67.5 Å². The number of ether oxygens (including phenoxy) is 3. The molecule has 0 saturated heterocycles. The van der Waals surface area contributed by atoms with Crippen LogP contribution in [0, 0.1) is 26.7 Å². The van der Waals surface area contributed by atoms with Gasteiger partial charge in [0, 0.05) is 25.8 Å². The molecule has 0 radical (unpaired) electrons. The topological polar surface area (TPSA) is 205 Å². The van der Waals surface area contributed by atoms with Crippen LogP contribution in [-0.4, -0.2) is 75.9 Å². The molecule has 2 aromatic rings. The first kappa shape index (κ1) is 41.8. The second-order valence-corrected chi connectivity index (χ2v) is 16.1. The zero-order valence-corrected chi connectivity index (χ0v) is 33.0. The first-order chi connectivity index (χ1) is 25.4. The van der Waals surface area contributed by atoms with Gasteiger partial charge >= 0.3 is 5.97 Å². The predicted molar refractivity (Wildman–Crippen MR) is 204 cm³/mol. The Hall–Kier alpha value is -4.92. The maximum Gasteiger partial charge on any atom is 0.328 e. The third-order valence-corrected chi connectivity index (χ3v) is 11.4. The minimum absolute atomic E-state index is 0.0288. The lowest BCUT2D eigenvalue weighted by molar-refractivity contribution is -0.145. The summed E-state index contributed by atoms with van der Waals surface area (Å²) in [6.07, 6.45) is 5.26. The lowest BCUT2D eigenvalue weighted by Crippen LogP contribution is -2.46. The summed E-state index contributed by atoms with van der Waals surface area (Å²) < 4.78 is 46.6. The fraction of sp³-hybridized carbons (Fsp3) is 0.513. The van der Waals surface area contributed by atoms with Crippen LogP contribution >= 0.6 is 0 Å². The number of amides is 2. The van der Waals surface area contributed by atoms with Crippen LogP contribution in [0.15, 0.2) is 46.3 Å². The number of rotatable bonds is 8. The van der Waals surface area contributed by atoms with Crippen molar-refractivity contribution in [3.05, 3.63) is 64.2 Å². The maximum absolute atomic E-state index is 13.7. The molecular weight excluding hydrogens is 715 g/mol. The maximum atomic E-state index is 13.7. The monoisotopic (exact) mass is 767 g/mol. The molecule has 54 heavy (non-hydrogen) atoms. The van der Waals surface area contributed by atoms with E-state index in [1.807, 2.05) is 20.8 Å². The number of Topliss-reactive ketones (excluding diaryl/α,β-unsaturated/α-hetero) is 1. The van der Waals surface area contributed by atoms with Gasteiger partial charge in [-0.15, -0.1) is 0 Å². The molecule has 15 heteroatoms. The van der Waals surface area contributed by atoms with E-state index in [4.69, 9.17) is 19.9 Å². The number of ketones is 1. The van der Waals surface area contributed by atoms with E-state index in [0.29, 0.717) is 23.3 Å². The largest absolute Gasteiger partial charge is 0.490 e. The van der Waals surface area contributed by atoms with Gasteiger partial charge in [0.05, 0.1) is 18.0 Å². The standard InChI is InChI=1S/C39H53N5O9S/c1-23-24(2)35(25(3)30-17-18-39(5,6)53-34(23)30)54(49,50)44-38(40)41-19-10-11-28-22-33(46)32(42-26(4)45)21-27-13-15-29(16-14-27)52-20-9-8-12-31(37(48)51-7)43-36(28)47/h8-9,13-16,28,31-32H,10-12,17-22H2,1-7H3,(H,42,45)(H,43,47)(H3,40,41,44)/b9-8-/t28-,31+,32-/m1/s1. The van der Waals surface area contributed by atoms with Crippen LogP contribution in [0.4, 0.5) is 0 Å². The average molecular weight is 768 g/mol. The van der Waals surface area contributed by atoms with E-state index in [1.54, 1.807) is 50.3 Å². The van der Waals surface area contributed by atoms with Crippen molar-refractivity contribution in [2.45, 2.75) is 109 Å². The van der Waals surface area contributed by atoms with Crippen LogP contribution < -0.4 is 30.6 Å². The molecule has 3 aliphatic rings. The number of nitrogens with zero attached hydrogens (tertiary/aromatic N) is 1. The number of nitrogens with one attached hydrogen (secondary N) is 3. The third-order valence-electron chi connectivity index (χ3n) is 9.80. The summed E-state index contributed by atoms with van der Waals surface area (Å²) in [5.74, 6) is -1.93. The highest BCUT2D eigenvalue weighted by molar-refractivity contribution is 7.90. The summed E-state index contributed by atoms with van der Waals surface area (Å²) in [6.45, 7) is 10.9. The summed E-state index contributed by atoms with van der Waals surface area (Å²) in [6, 6.07) is 5.19. The van der Waals surface area contributed by atoms with Gasteiger partial charge in [0.1, 0.15) is 29.7 Å². The summed E-state index contributed by atoms with van der Waals surface area (Å²) in [4.78, 5) is 56.5. The Bertz CT molecular complexity index is 1910. The summed E-state index contributed by atoms with van der Waals surface area (Å²) >= 11 is 0. The van der Waals surface area contributed by atoms with Crippen molar-refractivity contribution in [3.63, 3.8) is 0 Å². The molecule has 0 aliphatic carbocycles. The number of nitrogens with two attached hydrogens (primary N) is 1. The fourth-order valence-corrected chi connectivity index (χ4v) is 8.28. The van der Waals surface area contributed by atoms with Gasteiger partial charge in [0.2, 0.25) is 17.8 Å². The molecule has 0 spiro atoms. The number of esters is 1. The zero-order valence-electron chi connectivity index (χ0n) is 32.2. The number of aliphatic imine (C=N–C) groups is 1. The normalized spacial score (nSPS) is 21.4. The highest BCUT2D eigenvalue weighted by Gasteiger charge is 2.34. The Morgan fingerprint density at radius 3 is 2.43 bits per heavy atom. The van der Waals surface area contributed by atoms with Crippen molar-refractivity contribution in [3.8, 4) is 11.5 Å². The second kappa shape index (κ2) is 17.9. The average Bonchev–Trinajstić information content (AvgIpc) is 3.10. The quantitative estimate of drug-likeness (QED) is 0.101. The van der Waals surface area contributed by atoms with Crippen molar-refractivity contribution < 1.29 is 41.8 Å². The van der Waals surface area contributed by atoms with Crippen molar-refractivity contribution in [2.75, 3.05) is 20.3 Å². The predicted octanol–water partition coefficient (Wildman–Crippen LogP) is 3.41. The van der Waals surface area contributed by atoms with Gasteiger partial charge in [-0.1, -0.05) is 24.3 Å². The Balaban J connectivity index is 1.53. The Kier molecular flexibility index (Phi) is 13.9. The molecule has 2 aromatic carbocycles. The molecule has 0 aromatic heterocycles. The van der Waals surface area contributed by atoms with Crippen molar-refractivity contribution in [2.24, 2.45) is 16.6 Å². The molecule has 0 saturated carbocycles. The van der Waals surface area contributed by atoms with Crippen molar-refractivity contribution >= 4 is 39.5 Å². The molecule has 294 valence electrons. The number of hydrogen-bond donors (Lipinski definition) is 4. The van der Waals surface area contributed by atoms with Crippen LogP contribution in [0.25, 0.3) is 0 Å². The highest BCUT2D eigenvalue weighted by Crippen LogP contribution is 2.42. The number of hydrogen-bond acceptors (Lipinski definition) is 10. The van der Waals surface area contributed by atoms with E-state index >= 15 is 0 Å². The van der Waals surface area contributed by atoms with Crippen LogP contribution in [0.3, 0.4) is 0 Å². The number of methoxy groups -OCH3 is 1. The van der Waals surface area contributed by atoms with Crippen molar-refractivity contribution in [1.29, 1.82) is 0 Å². The minimum atomic E-state index is -4.13. The van der Waals surface area contributed by atoms with Crippen molar-refractivity contribution in [1.82, 2.24) is 15.4 Å². The third kappa shape index (κ3) is 10.8. The van der Waals surface area contributed by atoms with Gasteiger partial charge in [-0.2, -0.15) is 0 Å². The van der Waals surface area contributed by atoms with E-state index in [9.17, 15) is 27.6 Å². The van der Waals surface area contributed by atoms with E-state index in [0.717, 1.165) is 28.9 Å². The number of benzene rings is 2. The minimum Gasteiger partial charge on any atom is -0.490 e. The summed E-state index contributed by atoms with van der Waals surface area (Å²) in [5.41, 5.74) is 9.26. The number of guanidine groups is 1. The second-order valence-electron chi connectivity index (χ2n) is 14.5. The van der Waals surface area contributed by atoms with E-state index in [2.05, 4.69) is 20.3 Å². The summed E-state index contributed by atoms with van der Waals surface area (Å²) in [7, 11) is -2.91. The zero-order chi connectivity index (χ0) is 39.8. The number of carbonyl (C=O) groups is 4. The fourth-order valence-electron chi connectivity index (χ4n) is 6.76. The molecule has 5 rings (SSSR count). The lowest BCUT2D eigenvalue weighted by Gasteiger charge is -2.35. The SMILES string of the molecule is COC(=O)[C@@H]1C/C=C\COc2ccc(cc2)C[C@@H](NC(C)=O)C(=O)C[C@@H](CCCN=C(N)NS(=O)(=O)c2c(C)c(C)c3c(c2C)CCC(C)(C)O3)C(=O)N1. The van der Waals surface area contributed by atoms with Crippen LogP contribution in [0.1, 0.15) is 80.7 Å². The summed E-state index contributed by atoms with van der Waals surface area (Å²) in [5, 5.41) is 5.42. The van der Waals surface area contributed by atoms with Gasteiger partial charge < -0.3 is 30.6 Å².